The molecule has 0 aliphatic rings. The van der Waals surface area contributed by atoms with Crippen LogP contribution in [0.4, 0.5) is 0 Å². The van der Waals surface area contributed by atoms with Gasteiger partial charge in [0.1, 0.15) is 44.3 Å². The van der Waals surface area contributed by atoms with Gasteiger partial charge in [-0.15, -0.1) is 0 Å². The van der Waals surface area contributed by atoms with Crippen LogP contribution in [0.5, 0.6) is 34.5 Å². The molecule has 0 radical (unpaired) electrons. The van der Waals surface area contributed by atoms with Gasteiger partial charge >= 0.3 is 5.97 Å². The van der Waals surface area contributed by atoms with Gasteiger partial charge in [0.2, 0.25) is 0 Å². The third kappa shape index (κ3) is 7.14. The second-order valence-corrected chi connectivity index (χ2v) is 11.1. The van der Waals surface area contributed by atoms with Crippen molar-refractivity contribution in [3.63, 3.8) is 0 Å². The maximum absolute atomic E-state index is 13.2. The van der Waals surface area contributed by atoms with Gasteiger partial charge in [-0.3, -0.25) is 4.79 Å². The van der Waals surface area contributed by atoms with Gasteiger partial charge in [0.25, 0.3) is 0 Å². The van der Waals surface area contributed by atoms with E-state index in [0.717, 1.165) is 4.90 Å². The summed E-state index contributed by atoms with van der Waals surface area (Å²) in [5.74, 6) is 2.56. The van der Waals surface area contributed by atoms with Crippen molar-refractivity contribution >= 4 is 16.3 Å². The molecule has 3 aromatic carbocycles. The SMILES string of the molecule is CCOc1cc(OCC)c(S(OC(C)=O)(c2ccccc2)c2c(OCC)cc(OCC)cc2OCC)c(OCC)c1. The van der Waals surface area contributed by atoms with Crippen LogP contribution in [0.15, 0.2) is 69.3 Å². The van der Waals surface area contributed by atoms with Crippen LogP contribution in [0.25, 0.3) is 0 Å². The largest absolute Gasteiger partial charge is 0.494 e. The summed E-state index contributed by atoms with van der Waals surface area (Å²) in [5.41, 5.74) is 0. The van der Waals surface area contributed by atoms with Gasteiger partial charge in [-0.05, 0) is 53.7 Å². The van der Waals surface area contributed by atoms with Gasteiger partial charge in [-0.25, -0.2) is 0 Å². The smallest absolute Gasteiger partial charge is 0.313 e. The molecule has 0 saturated carbocycles. The molecule has 0 aliphatic carbocycles. The molecule has 0 amide bonds. The van der Waals surface area contributed by atoms with Gasteiger partial charge in [0.05, 0.1) is 39.6 Å². The molecular formula is C32H42O8S. The fourth-order valence-electron chi connectivity index (χ4n) is 4.48. The summed E-state index contributed by atoms with van der Waals surface area (Å²) in [5, 5.41) is 0. The lowest BCUT2D eigenvalue weighted by Crippen LogP contribution is -2.17. The van der Waals surface area contributed by atoms with Gasteiger partial charge in [0, 0.05) is 46.4 Å². The molecule has 0 aliphatic heterocycles. The van der Waals surface area contributed by atoms with Crippen LogP contribution in [0.2, 0.25) is 0 Å². The van der Waals surface area contributed by atoms with Crippen LogP contribution in [-0.2, 0) is 8.98 Å². The number of carbonyl (C=O) groups excluding carboxylic acids is 1. The molecule has 0 saturated heterocycles. The lowest BCUT2D eigenvalue weighted by molar-refractivity contribution is -0.131. The van der Waals surface area contributed by atoms with E-state index in [1.807, 2.05) is 96.1 Å². The number of carbonyl (C=O) groups is 1. The molecule has 8 nitrogen and oxygen atoms in total. The van der Waals surface area contributed by atoms with Gasteiger partial charge in [-0.2, -0.15) is 0 Å². The molecule has 9 heteroatoms. The maximum atomic E-state index is 13.2. The van der Waals surface area contributed by atoms with Crippen molar-refractivity contribution in [1.82, 2.24) is 0 Å². The van der Waals surface area contributed by atoms with Crippen molar-refractivity contribution < 1.29 is 37.4 Å². The predicted octanol–water partition coefficient (Wildman–Crippen LogP) is 7.84. The Morgan fingerprint density at radius 3 is 1.20 bits per heavy atom. The van der Waals surface area contributed by atoms with E-state index in [4.69, 9.17) is 32.6 Å². The Hall–Kier alpha value is -3.72. The Morgan fingerprint density at radius 2 is 0.902 bits per heavy atom. The molecule has 0 bridgehead atoms. The normalized spacial score (nSPS) is 11.4. The third-order valence-electron chi connectivity index (χ3n) is 5.70. The average Bonchev–Trinajstić information content (AvgIpc) is 2.94. The summed E-state index contributed by atoms with van der Waals surface area (Å²) in [6.45, 7) is 15.2. The van der Waals surface area contributed by atoms with Crippen molar-refractivity contribution in [2.45, 2.75) is 63.2 Å². The van der Waals surface area contributed by atoms with E-state index in [1.165, 1.54) is 6.92 Å². The van der Waals surface area contributed by atoms with E-state index in [2.05, 4.69) is 0 Å². The molecular weight excluding hydrogens is 544 g/mol. The van der Waals surface area contributed by atoms with E-state index in [1.54, 1.807) is 0 Å². The van der Waals surface area contributed by atoms with Crippen LogP contribution in [0.3, 0.4) is 0 Å². The first kappa shape index (κ1) is 31.8. The van der Waals surface area contributed by atoms with Crippen molar-refractivity contribution in [2.24, 2.45) is 0 Å². The topological polar surface area (TPSA) is 81.7 Å². The number of benzene rings is 3. The van der Waals surface area contributed by atoms with Crippen molar-refractivity contribution in [2.75, 3.05) is 39.6 Å². The van der Waals surface area contributed by atoms with E-state index < -0.39 is 16.3 Å². The second-order valence-electron chi connectivity index (χ2n) is 8.54. The highest BCUT2D eigenvalue weighted by atomic mass is 32.3. The van der Waals surface area contributed by atoms with Crippen molar-refractivity contribution in [1.29, 1.82) is 0 Å². The zero-order valence-corrected chi connectivity index (χ0v) is 25.9. The Labute approximate surface area is 245 Å². The number of hydrogen-bond acceptors (Lipinski definition) is 8. The van der Waals surface area contributed by atoms with Crippen LogP contribution in [-0.4, -0.2) is 45.6 Å². The molecule has 41 heavy (non-hydrogen) atoms. The van der Waals surface area contributed by atoms with Gasteiger partial charge < -0.3 is 32.6 Å². The Bertz CT molecular complexity index is 1150. The van der Waals surface area contributed by atoms with Crippen molar-refractivity contribution in [3.05, 3.63) is 54.6 Å². The lowest BCUT2D eigenvalue weighted by Gasteiger charge is -2.42. The number of hydrogen-bond donors (Lipinski definition) is 0. The molecule has 3 aromatic rings. The quantitative estimate of drug-likeness (QED) is 0.168. The standard InChI is InChI=1S/C32H42O8S/c1-8-34-24-19-27(36-10-3)31(28(20-24)37-11-4)41(40-23(7)33,26-17-15-14-16-18-26)32-29(38-12-5)21-25(35-9-2)22-30(32)39-13-6/h14-22H,8-13H2,1-7H3. The zero-order valence-electron chi connectivity index (χ0n) is 25.1. The minimum atomic E-state index is -2.97. The summed E-state index contributed by atoms with van der Waals surface area (Å²) < 4.78 is 43.4. The van der Waals surface area contributed by atoms with E-state index in [0.29, 0.717) is 83.9 Å². The Kier molecular flexibility index (Phi) is 11.9. The first-order valence-electron chi connectivity index (χ1n) is 14.1. The van der Waals surface area contributed by atoms with Crippen molar-refractivity contribution in [3.8, 4) is 34.5 Å². The molecule has 0 aromatic heterocycles. The molecule has 3 rings (SSSR count). The van der Waals surface area contributed by atoms with E-state index in [9.17, 15) is 4.79 Å². The van der Waals surface area contributed by atoms with Gasteiger partial charge in [0.15, 0.2) is 0 Å². The van der Waals surface area contributed by atoms with E-state index >= 15 is 0 Å². The maximum Gasteiger partial charge on any atom is 0.313 e. The van der Waals surface area contributed by atoms with Crippen LogP contribution in [0.1, 0.15) is 48.5 Å². The van der Waals surface area contributed by atoms with Crippen LogP contribution >= 0.6 is 10.3 Å². The highest BCUT2D eigenvalue weighted by Crippen LogP contribution is 2.77. The first-order chi connectivity index (χ1) is 19.9. The predicted molar refractivity (Wildman–Crippen MR) is 160 cm³/mol. The van der Waals surface area contributed by atoms with Crippen LogP contribution in [0, 0.1) is 0 Å². The molecule has 0 unspecified atom stereocenters. The Morgan fingerprint density at radius 1 is 0.561 bits per heavy atom. The summed E-state index contributed by atoms with van der Waals surface area (Å²) in [7, 11) is -2.97. The molecule has 0 N–H and O–H groups in total. The molecule has 0 heterocycles. The van der Waals surface area contributed by atoms with Crippen LogP contribution < -0.4 is 28.4 Å². The molecule has 0 atom stereocenters. The fourth-order valence-corrected chi connectivity index (χ4v) is 7.92. The lowest BCUT2D eigenvalue weighted by atomic mass is 10.3. The van der Waals surface area contributed by atoms with E-state index in [-0.39, 0.29) is 0 Å². The second kappa shape index (κ2) is 15.3. The monoisotopic (exact) mass is 586 g/mol. The highest BCUT2D eigenvalue weighted by molar-refractivity contribution is 8.30. The molecule has 0 fully saturated rings. The third-order valence-corrected chi connectivity index (χ3v) is 9.08. The number of rotatable bonds is 16. The minimum Gasteiger partial charge on any atom is -0.494 e. The fraction of sp³-hybridized carbons (Fsp3) is 0.406. The molecule has 0 spiro atoms. The summed E-state index contributed by atoms with van der Waals surface area (Å²) in [4.78, 5) is 15.0. The van der Waals surface area contributed by atoms with Gasteiger partial charge in [-0.1, -0.05) is 18.2 Å². The number of ether oxygens (including phenoxy) is 6. The zero-order chi connectivity index (χ0) is 29.8. The average molecular weight is 587 g/mol. The minimum absolute atomic E-state index is 0.360. The summed E-state index contributed by atoms with van der Waals surface area (Å²) in [6.07, 6.45) is 0. The molecule has 224 valence electrons. The summed E-state index contributed by atoms with van der Waals surface area (Å²) >= 11 is 0. The highest BCUT2D eigenvalue weighted by Gasteiger charge is 2.45. The Balaban J connectivity index is 2.66. The summed E-state index contributed by atoms with van der Waals surface area (Å²) in [6, 6.07) is 16.9. The first-order valence-corrected chi connectivity index (χ1v) is 15.7.